The van der Waals surface area contributed by atoms with Crippen LogP contribution in [0.2, 0.25) is 0 Å². The summed E-state index contributed by atoms with van der Waals surface area (Å²) in [7, 11) is 1.72. The number of hydrogen-bond donors (Lipinski definition) is 1. The molecule has 78 valence electrons. The average Bonchev–Trinajstić information content (AvgIpc) is 2.17. The third-order valence-corrected chi connectivity index (χ3v) is 2.61. The molecule has 0 spiro atoms. The molecule has 1 aromatic carbocycles. The van der Waals surface area contributed by atoms with Crippen molar-refractivity contribution in [1.82, 2.24) is 0 Å². The number of ether oxygens (including phenoxy) is 1. The van der Waals surface area contributed by atoms with Crippen molar-refractivity contribution in [3.8, 4) is 0 Å². The minimum Gasteiger partial charge on any atom is -0.380 e. The van der Waals surface area contributed by atoms with Crippen LogP contribution in [0.25, 0.3) is 0 Å². The molecule has 0 aliphatic rings. The highest BCUT2D eigenvalue weighted by molar-refractivity contribution is 9.10. The highest BCUT2D eigenvalue weighted by Gasteiger charge is 2.02. The maximum absolute atomic E-state index is 5.49. The van der Waals surface area contributed by atoms with E-state index in [9.17, 15) is 0 Å². The number of rotatable bonds is 5. The predicted octanol–water partition coefficient (Wildman–Crippen LogP) is 2.49. The Kier molecular flexibility index (Phi) is 5.15. The summed E-state index contributed by atoms with van der Waals surface area (Å²) in [6, 6.07) is 6.30. The van der Waals surface area contributed by atoms with Crippen molar-refractivity contribution in [2.45, 2.75) is 19.4 Å². The van der Waals surface area contributed by atoms with Crippen LogP contribution in [0.4, 0.5) is 0 Å². The fourth-order valence-corrected chi connectivity index (χ4v) is 1.83. The maximum Gasteiger partial charge on any atom is 0.0716 e. The van der Waals surface area contributed by atoms with Crippen LogP contribution in [0.5, 0.6) is 0 Å². The molecular weight excluding hydrogens is 242 g/mol. The second-order valence-electron chi connectivity index (χ2n) is 3.24. The Morgan fingerprint density at radius 2 is 2.14 bits per heavy atom. The largest absolute Gasteiger partial charge is 0.380 e. The van der Waals surface area contributed by atoms with Gasteiger partial charge in [-0.25, -0.2) is 0 Å². The van der Waals surface area contributed by atoms with Crippen molar-refractivity contribution in [3.05, 3.63) is 33.8 Å². The van der Waals surface area contributed by atoms with Crippen molar-refractivity contribution in [2.24, 2.45) is 5.73 Å². The predicted molar refractivity (Wildman–Crippen MR) is 62.2 cm³/mol. The molecule has 2 N–H and O–H groups in total. The zero-order valence-corrected chi connectivity index (χ0v) is 10.0. The topological polar surface area (TPSA) is 35.2 Å². The first-order valence-electron chi connectivity index (χ1n) is 4.74. The smallest absolute Gasteiger partial charge is 0.0716 e. The summed E-state index contributed by atoms with van der Waals surface area (Å²) < 4.78 is 6.25. The molecule has 1 aromatic rings. The van der Waals surface area contributed by atoms with E-state index in [1.807, 2.05) is 0 Å². The Morgan fingerprint density at radius 3 is 2.79 bits per heavy atom. The second-order valence-corrected chi connectivity index (χ2v) is 4.15. The lowest BCUT2D eigenvalue weighted by atomic mass is 10.0. The van der Waals surface area contributed by atoms with Gasteiger partial charge in [-0.2, -0.15) is 0 Å². The molecule has 0 atom stereocenters. The van der Waals surface area contributed by atoms with E-state index in [-0.39, 0.29) is 0 Å². The number of aryl methyl sites for hydroxylation is 1. The molecule has 0 radical (unpaired) electrons. The zero-order chi connectivity index (χ0) is 10.4. The molecule has 0 heterocycles. The SMILES string of the molecule is COCc1cc(Br)ccc1CCCN. The fourth-order valence-electron chi connectivity index (χ4n) is 1.42. The number of nitrogens with two attached hydrogens (primary N) is 1. The van der Waals surface area contributed by atoms with E-state index in [2.05, 4.69) is 34.1 Å². The van der Waals surface area contributed by atoms with E-state index in [0.717, 1.165) is 23.9 Å². The van der Waals surface area contributed by atoms with Crippen molar-refractivity contribution < 1.29 is 4.74 Å². The number of benzene rings is 1. The van der Waals surface area contributed by atoms with Gasteiger partial charge in [-0.3, -0.25) is 0 Å². The van der Waals surface area contributed by atoms with E-state index in [1.54, 1.807) is 7.11 Å². The summed E-state index contributed by atoms with van der Waals surface area (Å²) in [6.45, 7) is 1.40. The van der Waals surface area contributed by atoms with Crippen LogP contribution in [0.3, 0.4) is 0 Å². The molecule has 0 saturated carbocycles. The van der Waals surface area contributed by atoms with Gasteiger partial charge in [0, 0.05) is 11.6 Å². The molecule has 0 amide bonds. The quantitative estimate of drug-likeness (QED) is 0.880. The van der Waals surface area contributed by atoms with Gasteiger partial charge < -0.3 is 10.5 Å². The molecule has 14 heavy (non-hydrogen) atoms. The highest BCUT2D eigenvalue weighted by Crippen LogP contribution is 2.18. The highest BCUT2D eigenvalue weighted by atomic mass is 79.9. The van der Waals surface area contributed by atoms with Gasteiger partial charge in [0.1, 0.15) is 0 Å². The molecule has 0 fully saturated rings. The van der Waals surface area contributed by atoms with E-state index in [4.69, 9.17) is 10.5 Å². The molecule has 0 saturated heterocycles. The Bertz CT molecular complexity index is 289. The Labute approximate surface area is 93.6 Å². The minimum atomic E-state index is 0.666. The van der Waals surface area contributed by atoms with Crippen molar-refractivity contribution in [2.75, 3.05) is 13.7 Å². The summed E-state index contributed by atoms with van der Waals surface area (Å²) in [5.41, 5.74) is 8.07. The van der Waals surface area contributed by atoms with Crippen molar-refractivity contribution >= 4 is 15.9 Å². The standard InChI is InChI=1S/C11H16BrNO/c1-14-8-10-7-11(12)5-4-9(10)3-2-6-13/h4-5,7H,2-3,6,8,13H2,1H3. The average molecular weight is 258 g/mol. The van der Waals surface area contributed by atoms with Crippen LogP contribution in [0.1, 0.15) is 17.5 Å². The molecule has 3 heteroatoms. The van der Waals surface area contributed by atoms with Crippen LogP contribution in [0.15, 0.2) is 22.7 Å². The lowest BCUT2D eigenvalue weighted by Crippen LogP contribution is -2.03. The molecule has 0 aliphatic heterocycles. The maximum atomic E-state index is 5.49. The lowest BCUT2D eigenvalue weighted by molar-refractivity contribution is 0.184. The zero-order valence-electron chi connectivity index (χ0n) is 8.42. The van der Waals surface area contributed by atoms with Gasteiger partial charge in [0.05, 0.1) is 6.61 Å². The van der Waals surface area contributed by atoms with E-state index < -0.39 is 0 Å². The summed E-state index contributed by atoms with van der Waals surface area (Å²) in [5.74, 6) is 0. The molecule has 0 aliphatic carbocycles. The first-order chi connectivity index (χ1) is 6.77. The fraction of sp³-hybridized carbons (Fsp3) is 0.455. The number of hydrogen-bond acceptors (Lipinski definition) is 2. The van der Waals surface area contributed by atoms with Crippen molar-refractivity contribution in [1.29, 1.82) is 0 Å². The van der Waals surface area contributed by atoms with Crippen LogP contribution in [-0.2, 0) is 17.8 Å². The van der Waals surface area contributed by atoms with Crippen molar-refractivity contribution in [3.63, 3.8) is 0 Å². The van der Waals surface area contributed by atoms with E-state index in [0.29, 0.717) is 6.61 Å². The normalized spacial score (nSPS) is 10.5. The van der Waals surface area contributed by atoms with Crippen LogP contribution < -0.4 is 5.73 Å². The van der Waals surface area contributed by atoms with E-state index >= 15 is 0 Å². The Balaban J connectivity index is 2.78. The van der Waals surface area contributed by atoms with Gasteiger partial charge in [-0.15, -0.1) is 0 Å². The minimum absolute atomic E-state index is 0.666. The van der Waals surface area contributed by atoms with Gasteiger partial charge in [0.25, 0.3) is 0 Å². The third-order valence-electron chi connectivity index (χ3n) is 2.12. The first kappa shape index (κ1) is 11.7. The van der Waals surface area contributed by atoms with Gasteiger partial charge in [-0.05, 0) is 42.6 Å². The summed E-state index contributed by atoms with van der Waals surface area (Å²) in [5, 5.41) is 0. The van der Waals surface area contributed by atoms with Gasteiger partial charge in [0.2, 0.25) is 0 Å². The van der Waals surface area contributed by atoms with Crippen LogP contribution in [-0.4, -0.2) is 13.7 Å². The molecule has 0 unspecified atom stereocenters. The number of methoxy groups -OCH3 is 1. The van der Waals surface area contributed by atoms with Gasteiger partial charge in [0.15, 0.2) is 0 Å². The van der Waals surface area contributed by atoms with Crippen LogP contribution in [0, 0.1) is 0 Å². The first-order valence-corrected chi connectivity index (χ1v) is 5.53. The summed E-state index contributed by atoms with van der Waals surface area (Å²) >= 11 is 3.45. The molecule has 1 rings (SSSR count). The second kappa shape index (κ2) is 6.17. The van der Waals surface area contributed by atoms with E-state index in [1.165, 1.54) is 11.1 Å². The molecular formula is C11H16BrNO. The number of halogens is 1. The van der Waals surface area contributed by atoms with Gasteiger partial charge in [-0.1, -0.05) is 22.0 Å². The molecule has 0 bridgehead atoms. The third kappa shape index (κ3) is 3.40. The van der Waals surface area contributed by atoms with Gasteiger partial charge >= 0.3 is 0 Å². The monoisotopic (exact) mass is 257 g/mol. The summed E-state index contributed by atoms with van der Waals surface area (Å²) in [6.07, 6.45) is 2.06. The molecule has 2 nitrogen and oxygen atoms in total. The van der Waals surface area contributed by atoms with Crippen LogP contribution >= 0.6 is 15.9 Å². The Morgan fingerprint density at radius 1 is 1.36 bits per heavy atom. The lowest BCUT2D eigenvalue weighted by Gasteiger charge is -2.08. The summed E-state index contributed by atoms with van der Waals surface area (Å²) in [4.78, 5) is 0. The molecule has 0 aromatic heterocycles. The Hall–Kier alpha value is -0.380.